The Hall–Kier alpha value is -1.33. The smallest absolute Gasteiger partial charge is 0.170 e. The van der Waals surface area contributed by atoms with Gasteiger partial charge in [0.2, 0.25) is 0 Å². The molecule has 5 heteroatoms. The summed E-state index contributed by atoms with van der Waals surface area (Å²) in [6.07, 6.45) is 4.03. The topological polar surface area (TPSA) is 36.5 Å². The van der Waals surface area contributed by atoms with Gasteiger partial charge in [-0.25, -0.2) is 0 Å². The summed E-state index contributed by atoms with van der Waals surface area (Å²) in [5, 5.41) is 7.10. The quantitative estimate of drug-likeness (QED) is 0.816. The highest BCUT2D eigenvalue weighted by Crippen LogP contribution is 2.14. The number of piperidine rings is 1. The van der Waals surface area contributed by atoms with Crippen LogP contribution in [0.1, 0.15) is 19.3 Å². The van der Waals surface area contributed by atoms with Crippen LogP contribution in [0, 0.1) is 0 Å². The van der Waals surface area contributed by atoms with E-state index in [-0.39, 0.29) is 0 Å². The number of likely N-dealkylation sites (tertiary alicyclic amines) is 1. The maximum atomic E-state index is 5.29. The zero-order valence-electron chi connectivity index (χ0n) is 12.0. The first kappa shape index (κ1) is 15.1. The van der Waals surface area contributed by atoms with Crippen molar-refractivity contribution in [3.63, 3.8) is 0 Å². The first-order valence-corrected chi connectivity index (χ1v) is 7.60. The molecule has 2 rings (SSSR count). The van der Waals surface area contributed by atoms with Gasteiger partial charge in [-0.15, -0.1) is 0 Å². The highest BCUT2D eigenvalue weighted by Gasteiger charge is 2.09. The molecular formula is C15H23N3OS. The molecular weight excluding hydrogens is 270 g/mol. The molecule has 2 N–H and O–H groups in total. The van der Waals surface area contributed by atoms with E-state index < -0.39 is 0 Å². The monoisotopic (exact) mass is 293 g/mol. The van der Waals surface area contributed by atoms with E-state index in [2.05, 4.69) is 15.5 Å². The Labute approximate surface area is 126 Å². The predicted octanol–water partition coefficient (Wildman–Crippen LogP) is 2.47. The van der Waals surface area contributed by atoms with E-state index in [0.29, 0.717) is 5.11 Å². The van der Waals surface area contributed by atoms with Gasteiger partial charge in [-0.2, -0.15) is 0 Å². The van der Waals surface area contributed by atoms with Gasteiger partial charge in [-0.3, -0.25) is 0 Å². The van der Waals surface area contributed by atoms with Crippen molar-refractivity contribution in [2.45, 2.75) is 19.3 Å². The second-order valence-electron chi connectivity index (χ2n) is 5.01. The molecule has 0 amide bonds. The third-order valence-corrected chi connectivity index (χ3v) is 3.76. The van der Waals surface area contributed by atoms with Crippen LogP contribution >= 0.6 is 12.2 Å². The van der Waals surface area contributed by atoms with Crippen molar-refractivity contribution in [2.75, 3.05) is 38.6 Å². The van der Waals surface area contributed by atoms with Crippen LogP contribution in [0.3, 0.4) is 0 Å². The van der Waals surface area contributed by atoms with E-state index in [1.807, 2.05) is 24.3 Å². The zero-order chi connectivity index (χ0) is 14.2. The lowest BCUT2D eigenvalue weighted by Gasteiger charge is -2.26. The van der Waals surface area contributed by atoms with E-state index in [0.717, 1.165) is 24.5 Å². The Morgan fingerprint density at radius 3 is 2.55 bits per heavy atom. The molecule has 1 heterocycles. The van der Waals surface area contributed by atoms with Crippen LogP contribution in [0.4, 0.5) is 5.69 Å². The molecule has 0 spiro atoms. The molecule has 4 nitrogen and oxygen atoms in total. The second kappa shape index (κ2) is 8.07. The number of methoxy groups -OCH3 is 1. The minimum atomic E-state index is 0.673. The second-order valence-corrected chi connectivity index (χ2v) is 5.42. The van der Waals surface area contributed by atoms with Gasteiger partial charge >= 0.3 is 0 Å². The lowest BCUT2D eigenvalue weighted by atomic mass is 10.1. The van der Waals surface area contributed by atoms with E-state index in [9.17, 15) is 0 Å². The molecule has 0 saturated carbocycles. The Morgan fingerprint density at radius 2 is 1.90 bits per heavy atom. The van der Waals surface area contributed by atoms with Gasteiger partial charge in [0.1, 0.15) is 5.75 Å². The summed E-state index contributed by atoms with van der Waals surface area (Å²) in [6.45, 7) is 4.40. The SMILES string of the molecule is COc1ccc(NC(=S)NCCN2CCCCC2)cc1. The van der Waals surface area contributed by atoms with Crippen LogP contribution in [0.25, 0.3) is 0 Å². The number of thiocarbonyl (C=S) groups is 1. The van der Waals surface area contributed by atoms with Crippen LogP contribution in [-0.4, -0.2) is 43.3 Å². The first-order chi connectivity index (χ1) is 9.78. The average molecular weight is 293 g/mol. The number of rotatable bonds is 5. The number of ether oxygens (including phenoxy) is 1. The van der Waals surface area contributed by atoms with Crippen molar-refractivity contribution >= 4 is 23.0 Å². The number of hydrogen-bond acceptors (Lipinski definition) is 3. The highest BCUT2D eigenvalue weighted by molar-refractivity contribution is 7.80. The van der Waals surface area contributed by atoms with Gasteiger partial charge in [0, 0.05) is 18.8 Å². The van der Waals surface area contributed by atoms with Crippen molar-refractivity contribution < 1.29 is 4.74 Å². The van der Waals surface area contributed by atoms with Gasteiger partial charge in [0.05, 0.1) is 7.11 Å². The summed E-state index contributed by atoms with van der Waals surface area (Å²) in [5.41, 5.74) is 0.973. The molecule has 1 saturated heterocycles. The van der Waals surface area contributed by atoms with Gasteiger partial charge in [-0.1, -0.05) is 6.42 Å². The Kier molecular flexibility index (Phi) is 6.08. The fourth-order valence-electron chi connectivity index (χ4n) is 2.36. The fraction of sp³-hybridized carbons (Fsp3) is 0.533. The molecule has 0 atom stereocenters. The summed E-state index contributed by atoms with van der Waals surface area (Å²) in [7, 11) is 1.66. The summed E-state index contributed by atoms with van der Waals surface area (Å²) in [5.74, 6) is 0.847. The van der Waals surface area contributed by atoms with Crippen LogP contribution in [0.5, 0.6) is 5.75 Å². The number of nitrogens with zero attached hydrogens (tertiary/aromatic N) is 1. The average Bonchev–Trinajstić information content (AvgIpc) is 2.49. The highest BCUT2D eigenvalue weighted by atomic mass is 32.1. The summed E-state index contributed by atoms with van der Waals surface area (Å²) >= 11 is 5.29. The van der Waals surface area contributed by atoms with E-state index in [1.165, 1.54) is 32.4 Å². The van der Waals surface area contributed by atoms with Gasteiger partial charge in [0.15, 0.2) is 5.11 Å². The fourth-order valence-corrected chi connectivity index (χ4v) is 2.58. The van der Waals surface area contributed by atoms with Crippen molar-refractivity contribution in [2.24, 2.45) is 0 Å². The van der Waals surface area contributed by atoms with Gasteiger partial charge in [-0.05, 0) is 62.4 Å². The van der Waals surface area contributed by atoms with E-state index in [1.54, 1.807) is 7.11 Å². The minimum Gasteiger partial charge on any atom is -0.497 e. The standard InChI is InChI=1S/C15H23N3OS/c1-19-14-7-5-13(6-8-14)17-15(20)16-9-12-18-10-3-2-4-11-18/h5-8H,2-4,9-12H2,1H3,(H2,16,17,20). The molecule has 0 aromatic heterocycles. The third-order valence-electron chi connectivity index (χ3n) is 3.51. The molecule has 1 aliphatic rings. The largest absolute Gasteiger partial charge is 0.497 e. The molecule has 20 heavy (non-hydrogen) atoms. The number of nitrogens with one attached hydrogen (secondary N) is 2. The summed E-state index contributed by atoms with van der Waals surface area (Å²) in [6, 6.07) is 7.74. The first-order valence-electron chi connectivity index (χ1n) is 7.19. The third kappa shape index (κ3) is 4.98. The molecule has 0 bridgehead atoms. The molecule has 0 unspecified atom stereocenters. The molecule has 1 aliphatic heterocycles. The van der Waals surface area contributed by atoms with E-state index >= 15 is 0 Å². The number of anilines is 1. The van der Waals surface area contributed by atoms with Gasteiger partial charge in [0.25, 0.3) is 0 Å². The van der Waals surface area contributed by atoms with Crippen LogP contribution in [0.15, 0.2) is 24.3 Å². The van der Waals surface area contributed by atoms with Crippen molar-refractivity contribution in [1.29, 1.82) is 0 Å². The van der Waals surface area contributed by atoms with Crippen molar-refractivity contribution in [1.82, 2.24) is 10.2 Å². The van der Waals surface area contributed by atoms with Crippen LogP contribution in [0.2, 0.25) is 0 Å². The van der Waals surface area contributed by atoms with E-state index in [4.69, 9.17) is 17.0 Å². The van der Waals surface area contributed by atoms with Crippen LogP contribution in [-0.2, 0) is 0 Å². The molecule has 0 radical (unpaired) electrons. The Bertz CT molecular complexity index is 416. The number of benzene rings is 1. The zero-order valence-corrected chi connectivity index (χ0v) is 12.8. The van der Waals surface area contributed by atoms with Gasteiger partial charge < -0.3 is 20.3 Å². The molecule has 1 fully saturated rings. The lowest BCUT2D eigenvalue weighted by Crippen LogP contribution is -2.38. The van der Waals surface area contributed by atoms with Crippen molar-refractivity contribution in [3.05, 3.63) is 24.3 Å². The van der Waals surface area contributed by atoms with Crippen molar-refractivity contribution in [3.8, 4) is 5.75 Å². The minimum absolute atomic E-state index is 0.673. The molecule has 0 aliphatic carbocycles. The number of hydrogen-bond donors (Lipinski definition) is 2. The Morgan fingerprint density at radius 1 is 1.20 bits per heavy atom. The summed E-state index contributed by atoms with van der Waals surface area (Å²) in [4.78, 5) is 2.49. The molecule has 110 valence electrons. The van der Waals surface area contributed by atoms with Crippen LogP contribution < -0.4 is 15.4 Å². The normalized spacial score (nSPS) is 15.7. The molecule has 1 aromatic rings. The Balaban J connectivity index is 1.66. The summed E-state index contributed by atoms with van der Waals surface area (Å²) < 4.78 is 5.12. The lowest BCUT2D eigenvalue weighted by molar-refractivity contribution is 0.232. The molecule has 1 aromatic carbocycles. The predicted molar refractivity (Wildman–Crippen MR) is 87.5 cm³/mol. The maximum Gasteiger partial charge on any atom is 0.170 e. The maximum absolute atomic E-state index is 5.29.